The fourth-order valence-corrected chi connectivity index (χ4v) is 1.87. The second-order valence-corrected chi connectivity index (χ2v) is 4.24. The fourth-order valence-electron chi connectivity index (χ4n) is 1.87. The number of hydrogen-bond acceptors (Lipinski definition) is 0. The topological polar surface area (TPSA) is 0 Å². The van der Waals surface area contributed by atoms with Crippen LogP contribution in [0.2, 0.25) is 0 Å². The van der Waals surface area contributed by atoms with E-state index in [1.165, 1.54) is 11.1 Å². The highest BCUT2D eigenvalue weighted by molar-refractivity contribution is 5.25. The van der Waals surface area contributed by atoms with E-state index in [4.69, 9.17) is 0 Å². The lowest BCUT2D eigenvalue weighted by atomic mass is 9.73. The fraction of sp³-hybridized carbons (Fsp3) is 0.500. The molecule has 0 amide bonds. The lowest BCUT2D eigenvalue weighted by molar-refractivity contribution is 0.417. The first-order chi connectivity index (χ1) is 5.56. The molecule has 0 heterocycles. The van der Waals surface area contributed by atoms with Crippen molar-refractivity contribution in [2.24, 2.45) is 5.41 Å². The van der Waals surface area contributed by atoms with Crippen molar-refractivity contribution < 1.29 is 0 Å². The smallest absolute Gasteiger partial charge is 0.0104 e. The van der Waals surface area contributed by atoms with Gasteiger partial charge in [-0.25, -0.2) is 0 Å². The van der Waals surface area contributed by atoms with Crippen molar-refractivity contribution >= 4 is 0 Å². The van der Waals surface area contributed by atoms with Crippen molar-refractivity contribution in [3.63, 3.8) is 0 Å². The molecule has 1 aliphatic carbocycles. The standard InChI is InChI=1S/C12H18/c1-5-6-11-8-7-10(2)9-12(11,3)4/h5,8H,1-2,6-7,9H2,3-4H3. The van der Waals surface area contributed by atoms with E-state index in [-0.39, 0.29) is 0 Å². The number of allylic oxidation sites excluding steroid dienone is 4. The maximum atomic E-state index is 4.03. The van der Waals surface area contributed by atoms with E-state index in [0.29, 0.717) is 5.41 Å². The molecule has 0 aromatic rings. The summed E-state index contributed by atoms with van der Waals surface area (Å²) in [6.07, 6.45) is 7.52. The summed E-state index contributed by atoms with van der Waals surface area (Å²) >= 11 is 0. The van der Waals surface area contributed by atoms with E-state index in [1.54, 1.807) is 0 Å². The molecular formula is C12H18. The Hall–Kier alpha value is -0.780. The third-order valence-electron chi connectivity index (χ3n) is 2.56. The lowest BCUT2D eigenvalue weighted by Gasteiger charge is -2.32. The quantitative estimate of drug-likeness (QED) is 0.541. The molecule has 0 atom stereocenters. The van der Waals surface area contributed by atoms with Crippen LogP contribution < -0.4 is 0 Å². The zero-order valence-electron chi connectivity index (χ0n) is 8.19. The molecular weight excluding hydrogens is 144 g/mol. The van der Waals surface area contributed by atoms with Gasteiger partial charge in [0.25, 0.3) is 0 Å². The zero-order chi connectivity index (χ0) is 9.19. The van der Waals surface area contributed by atoms with Crippen LogP contribution in [0, 0.1) is 5.41 Å². The molecule has 0 N–H and O–H groups in total. The lowest BCUT2D eigenvalue weighted by Crippen LogP contribution is -2.18. The first-order valence-electron chi connectivity index (χ1n) is 4.53. The van der Waals surface area contributed by atoms with Crippen molar-refractivity contribution in [1.82, 2.24) is 0 Å². The van der Waals surface area contributed by atoms with Crippen LogP contribution in [0.4, 0.5) is 0 Å². The van der Waals surface area contributed by atoms with Crippen molar-refractivity contribution in [2.75, 3.05) is 0 Å². The summed E-state index contributed by atoms with van der Waals surface area (Å²) in [5.41, 5.74) is 3.18. The average Bonchev–Trinajstić information content (AvgIpc) is 1.94. The third kappa shape index (κ3) is 1.88. The predicted molar refractivity (Wildman–Crippen MR) is 55.1 cm³/mol. The Bertz CT molecular complexity index is 228. The Labute approximate surface area is 75.7 Å². The second kappa shape index (κ2) is 3.30. The summed E-state index contributed by atoms with van der Waals surface area (Å²) in [5.74, 6) is 0. The minimum atomic E-state index is 0.309. The molecule has 0 spiro atoms. The first-order valence-corrected chi connectivity index (χ1v) is 4.53. The van der Waals surface area contributed by atoms with Gasteiger partial charge in [0.1, 0.15) is 0 Å². The summed E-state index contributed by atoms with van der Waals surface area (Å²) in [6.45, 7) is 12.4. The molecule has 1 rings (SSSR count). The predicted octanol–water partition coefficient (Wildman–Crippen LogP) is 3.87. The highest BCUT2D eigenvalue weighted by atomic mass is 14.3. The Balaban J connectivity index is 2.83. The largest absolute Gasteiger partial charge is 0.103 e. The monoisotopic (exact) mass is 162 g/mol. The van der Waals surface area contributed by atoms with Gasteiger partial charge in [-0.05, 0) is 24.7 Å². The normalized spacial score (nSPS) is 21.8. The minimum absolute atomic E-state index is 0.309. The van der Waals surface area contributed by atoms with Crippen LogP contribution >= 0.6 is 0 Å². The third-order valence-corrected chi connectivity index (χ3v) is 2.56. The molecule has 0 aromatic carbocycles. The van der Waals surface area contributed by atoms with Gasteiger partial charge in [-0.2, -0.15) is 0 Å². The van der Waals surface area contributed by atoms with Crippen molar-refractivity contribution in [3.8, 4) is 0 Å². The maximum Gasteiger partial charge on any atom is -0.0104 e. The Morgan fingerprint density at radius 2 is 2.25 bits per heavy atom. The molecule has 0 saturated heterocycles. The molecule has 0 aliphatic heterocycles. The molecule has 0 radical (unpaired) electrons. The van der Waals surface area contributed by atoms with Crippen molar-refractivity contribution in [3.05, 3.63) is 36.5 Å². The van der Waals surface area contributed by atoms with E-state index in [9.17, 15) is 0 Å². The summed E-state index contributed by atoms with van der Waals surface area (Å²) in [7, 11) is 0. The molecule has 0 heteroatoms. The number of hydrogen-bond donors (Lipinski definition) is 0. The molecule has 12 heavy (non-hydrogen) atoms. The first kappa shape index (κ1) is 9.31. The van der Waals surface area contributed by atoms with E-state index in [2.05, 4.69) is 33.1 Å². The Morgan fingerprint density at radius 3 is 2.75 bits per heavy atom. The van der Waals surface area contributed by atoms with Crippen LogP contribution in [0.1, 0.15) is 33.1 Å². The van der Waals surface area contributed by atoms with Crippen molar-refractivity contribution in [1.29, 1.82) is 0 Å². The van der Waals surface area contributed by atoms with Gasteiger partial charge in [-0.15, -0.1) is 6.58 Å². The van der Waals surface area contributed by atoms with Crippen LogP contribution in [0.15, 0.2) is 36.5 Å². The maximum absolute atomic E-state index is 4.03. The van der Waals surface area contributed by atoms with E-state index >= 15 is 0 Å². The van der Waals surface area contributed by atoms with Gasteiger partial charge >= 0.3 is 0 Å². The second-order valence-electron chi connectivity index (χ2n) is 4.24. The van der Waals surface area contributed by atoms with E-state index in [0.717, 1.165) is 19.3 Å². The van der Waals surface area contributed by atoms with Crippen LogP contribution in [-0.2, 0) is 0 Å². The van der Waals surface area contributed by atoms with Gasteiger partial charge in [-0.3, -0.25) is 0 Å². The molecule has 1 aliphatic rings. The molecule has 0 bridgehead atoms. The minimum Gasteiger partial charge on any atom is -0.103 e. The highest BCUT2D eigenvalue weighted by Crippen LogP contribution is 2.40. The van der Waals surface area contributed by atoms with Gasteiger partial charge < -0.3 is 0 Å². The summed E-state index contributed by atoms with van der Waals surface area (Å²) in [4.78, 5) is 0. The van der Waals surface area contributed by atoms with Crippen LogP contribution in [0.3, 0.4) is 0 Å². The van der Waals surface area contributed by atoms with E-state index in [1.807, 2.05) is 6.08 Å². The Morgan fingerprint density at radius 1 is 1.58 bits per heavy atom. The van der Waals surface area contributed by atoms with Gasteiger partial charge in [0.15, 0.2) is 0 Å². The van der Waals surface area contributed by atoms with Crippen LogP contribution in [0.5, 0.6) is 0 Å². The zero-order valence-corrected chi connectivity index (χ0v) is 8.19. The Kier molecular flexibility index (Phi) is 2.56. The van der Waals surface area contributed by atoms with Crippen LogP contribution in [-0.4, -0.2) is 0 Å². The van der Waals surface area contributed by atoms with Gasteiger partial charge in [0.2, 0.25) is 0 Å². The number of rotatable bonds is 2. The summed E-state index contributed by atoms with van der Waals surface area (Å²) in [5, 5.41) is 0. The summed E-state index contributed by atoms with van der Waals surface area (Å²) < 4.78 is 0. The molecule has 0 nitrogen and oxygen atoms in total. The SMILES string of the molecule is C=CCC1=CCC(=C)CC1(C)C. The molecule has 0 unspecified atom stereocenters. The highest BCUT2D eigenvalue weighted by Gasteiger charge is 2.25. The molecule has 0 fully saturated rings. The van der Waals surface area contributed by atoms with Gasteiger partial charge in [-0.1, -0.05) is 43.7 Å². The average molecular weight is 162 g/mol. The summed E-state index contributed by atoms with van der Waals surface area (Å²) in [6, 6.07) is 0. The molecule has 0 saturated carbocycles. The van der Waals surface area contributed by atoms with Gasteiger partial charge in [0.05, 0.1) is 0 Å². The van der Waals surface area contributed by atoms with Crippen molar-refractivity contribution in [2.45, 2.75) is 33.1 Å². The van der Waals surface area contributed by atoms with E-state index < -0.39 is 0 Å². The van der Waals surface area contributed by atoms with Crippen LogP contribution in [0.25, 0.3) is 0 Å². The molecule has 66 valence electrons. The molecule has 0 aromatic heterocycles. The van der Waals surface area contributed by atoms with Gasteiger partial charge in [0, 0.05) is 0 Å².